The topological polar surface area (TPSA) is 43.6 Å². The number of aromatic nitrogens is 4. The van der Waals surface area contributed by atoms with Crippen LogP contribution in [0.1, 0.15) is 5.56 Å². The number of hydrogen-bond acceptors (Lipinski definition) is 4. The van der Waals surface area contributed by atoms with Gasteiger partial charge in [0.1, 0.15) is 5.03 Å². The number of imidazole rings is 1. The summed E-state index contributed by atoms with van der Waals surface area (Å²) in [4.78, 5) is 4.06. The first-order valence-corrected chi connectivity index (χ1v) is 9.92. The molecule has 0 saturated heterocycles. The van der Waals surface area contributed by atoms with Crippen molar-refractivity contribution in [2.75, 3.05) is 0 Å². The summed E-state index contributed by atoms with van der Waals surface area (Å²) in [6.45, 7) is 0. The molecule has 0 saturated carbocycles. The quantitative estimate of drug-likeness (QED) is 0.381. The molecule has 0 atom stereocenters. The highest BCUT2D eigenvalue weighted by atomic mass is 35.5. The van der Waals surface area contributed by atoms with Gasteiger partial charge in [0.15, 0.2) is 0 Å². The Bertz CT molecular complexity index is 1030. The minimum Gasteiger partial charge on any atom is -0.306 e. The number of thioether (sulfide) groups is 1. The first kappa shape index (κ1) is 18.0. The molecule has 4 aromatic rings. The van der Waals surface area contributed by atoms with Crippen LogP contribution in [0.3, 0.4) is 0 Å². The number of benzene rings is 2. The number of hydrogen-bond donors (Lipinski definition) is 0. The van der Waals surface area contributed by atoms with Crippen molar-refractivity contribution in [3.63, 3.8) is 0 Å². The van der Waals surface area contributed by atoms with Gasteiger partial charge in [-0.1, -0.05) is 53.2 Å². The zero-order chi connectivity index (χ0) is 18.6. The average molecular weight is 413 g/mol. The Morgan fingerprint density at radius 3 is 2.44 bits per heavy atom. The zero-order valence-electron chi connectivity index (χ0n) is 14.1. The fraction of sp³-hybridized carbons (Fsp3) is 0.0500. The largest absolute Gasteiger partial charge is 0.306 e. The summed E-state index contributed by atoms with van der Waals surface area (Å²) in [6, 6.07) is 17.6. The Hall–Kier alpha value is -2.34. The summed E-state index contributed by atoms with van der Waals surface area (Å²) < 4.78 is 1.96. The maximum Gasteiger partial charge on any atom is 0.119 e. The van der Waals surface area contributed by atoms with Gasteiger partial charge in [-0.3, -0.25) is 0 Å². The molecule has 2 aromatic carbocycles. The van der Waals surface area contributed by atoms with Gasteiger partial charge in [-0.25, -0.2) is 4.98 Å². The van der Waals surface area contributed by atoms with E-state index in [1.54, 1.807) is 30.4 Å². The van der Waals surface area contributed by atoms with E-state index in [0.717, 1.165) is 27.5 Å². The highest BCUT2D eigenvalue weighted by Gasteiger charge is 2.06. The summed E-state index contributed by atoms with van der Waals surface area (Å²) in [7, 11) is 0. The van der Waals surface area contributed by atoms with Crippen LogP contribution in [-0.2, 0) is 5.75 Å². The van der Waals surface area contributed by atoms with E-state index in [4.69, 9.17) is 23.2 Å². The van der Waals surface area contributed by atoms with Gasteiger partial charge < -0.3 is 4.57 Å². The predicted molar refractivity (Wildman–Crippen MR) is 111 cm³/mol. The zero-order valence-corrected chi connectivity index (χ0v) is 16.4. The van der Waals surface area contributed by atoms with Crippen LogP contribution in [0.5, 0.6) is 0 Å². The molecule has 27 heavy (non-hydrogen) atoms. The smallest absolute Gasteiger partial charge is 0.119 e. The molecule has 0 spiro atoms. The molecule has 0 aliphatic carbocycles. The van der Waals surface area contributed by atoms with Crippen LogP contribution in [0.2, 0.25) is 10.0 Å². The molecule has 0 unspecified atom stereocenters. The Morgan fingerprint density at radius 2 is 1.78 bits per heavy atom. The van der Waals surface area contributed by atoms with Crippen LogP contribution in [-0.4, -0.2) is 19.7 Å². The van der Waals surface area contributed by atoms with E-state index in [1.807, 2.05) is 59.3 Å². The second-order valence-corrected chi connectivity index (χ2v) is 7.64. The number of rotatable bonds is 5. The summed E-state index contributed by atoms with van der Waals surface area (Å²) in [5.41, 5.74) is 3.92. The van der Waals surface area contributed by atoms with Crippen molar-refractivity contribution in [2.45, 2.75) is 10.8 Å². The summed E-state index contributed by atoms with van der Waals surface area (Å²) in [6.07, 6.45) is 5.44. The third-order valence-electron chi connectivity index (χ3n) is 4.00. The van der Waals surface area contributed by atoms with E-state index in [1.165, 1.54) is 0 Å². The molecule has 0 aliphatic rings. The van der Waals surface area contributed by atoms with E-state index in [-0.39, 0.29) is 0 Å². The Labute approximate surface area is 171 Å². The van der Waals surface area contributed by atoms with Gasteiger partial charge in [0.2, 0.25) is 0 Å². The molecule has 0 N–H and O–H groups in total. The summed E-state index contributed by atoms with van der Waals surface area (Å²) in [5.74, 6) is 0.712. The molecule has 2 aromatic heterocycles. The highest BCUT2D eigenvalue weighted by Crippen LogP contribution is 2.28. The van der Waals surface area contributed by atoms with Gasteiger partial charge in [0.25, 0.3) is 0 Å². The Kier molecular flexibility index (Phi) is 5.43. The average Bonchev–Trinajstić information content (AvgIpc) is 3.23. The van der Waals surface area contributed by atoms with Gasteiger partial charge in [-0.15, -0.1) is 10.2 Å². The van der Waals surface area contributed by atoms with E-state index in [0.29, 0.717) is 15.8 Å². The Balaban J connectivity index is 1.44. The lowest BCUT2D eigenvalue weighted by atomic mass is 10.1. The summed E-state index contributed by atoms with van der Waals surface area (Å²) in [5, 5.41) is 10.8. The third-order valence-corrected chi connectivity index (χ3v) is 5.55. The monoisotopic (exact) mass is 412 g/mol. The fourth-order valence-electron chi connectivity index (χ4n) is 2.56. The standard InChI is InChI=1S/C20H14Cl2N4S/c21-16-4-1-15(18(22)11-16)12-27-20-8-7-19(24-25-20)14-2-5-17(6-3-14)26-10-9-23-13-26/h1-11,13H,12H2. The second-order valence-electron chi connectivity index (χ2n) is 5.80. The predicted octanol–water partition coefficient (Wildman–Crippen LogP) is 5.93. The molecule has 7 heteroatoms. The normalized spacial score (nSPS) is 10.9. The van der Waals surface area contributed by atoms with Gasteiger partial charge in [-0.2, -0.15) is 0 Å². The SMILES string of the molecule is Clc1ccc(CSc2ccc(-c3ccc(-n4ccnc4)cc3)nn2)c(Cl)c1. The van der Waals surface area contributed by atoms with Crippen molar-refractivity contribution in [1.82, 2.24) is 19.7 Å². The van der Waals surface area contributed by atoms with Crippen molar-refractivity contribution in [3.8, 4) is 16.9 Å². The maximum absolute atomic E-state index is 6.21. The van der Waals surface area contributed by atoms with Gasteiger partial charge in [0, 0.05) is 39.4 Å². The van der Waals surface area contributed by atoms with Crippen LogP contribution < -0.4 is 0 Å². The molecule has 0 radical (unpaired) electrons. The number of halogens is 2. The minimum absolute atomic E-state index is 0.636. The van der Waals surface area contributed by atoms with Crippen LogP contribution in [0, 0.1) is 0 Å². The van der Waals surface area contributed by atoms with Crippen molar-refractivity contribution in [3.05, 3.63) is 88.9 Å². The molecule has 4 rings (SSSR count). The molecule has 0 bridgehead atoms. The van der Waals surface area contributed by atoms with E-state index < -0.39 is 0 Å². The Morgan fingerprint density at radius 1 is 0.926 bits per heavy atom. The third kappa shape index (κ3) is 4.33. The lowest BCUT2D eigenvalue weighted by Crippen LogP contribution is -1.92. The van der Waals surface area contributed by atoms with Crippen molar-refractivity contribution in [2.24, 2.45) is 0 Å². The van der Waals surface area contributed by atoms with Gasteiger partial charge in [-0.05, 0) is 42.0 Å². The highest BCUT2D eigenvalue weighted by molar-refractivity contribution is 7.98. The lowest BCUT2D eigenvalue weighted by Gasteiger charge is -2.06. The molecule has 4 nitrogen and oxygen atoms in total. The van der Waals surface area contributed by atoms with Crippen LogP contribution in [0.4, 0.5) is 0 Å². The van der Waals surface area contributed by atoms with Crippen molar-refractivity contribution in [1.29, 1.82) is 0 Å². The molecule has 134 valence electrons. The molecular formula is C20H14Cl2N4S. The van der Waals surface area contributed by atoms with Crippen molar-refractivity contribution < 1.29 is 0 Å². The maximum atomic E-state index is 6.21. The first-order chi connectivity index (χ1) is 13.2. The first-order valence-electron chi connectivity index (χ1n) is 8.18. The van der Waals surface area contributed by atoms with Gasteiger partial charge in [0.05, 0.1) is 12.0 Å². The molecule has 0 aliphatic heterocycles. The minimum atomic E-state index is 0.636. The van der Waals surface area contributed by atoms with Crippen LogP contribution in [0.25, 0.3) is 16.9 Å². The summed E-state index contributed by atoms with van der Waals surface area (Å²) >= 11 is 13.7. The van der Waals surface area contributed by atoms with Crippen LogP contribution in [0.15, 0.2) is 78.3 Å². The molecule has 0 amide bonds. The van der Waals surface area contributed by atoms with E-state index in [9.17, 15) is 0 Å². The van der Waals surface area contributed by atoms with Gasteiger partial charge >= 0.3 is 0 Å². The molecule has 0 fully saturated rings. The lowest BCUT2D eigenvalue weighted by molar-refractivity contribution is 0.935. The molecular weight excluding hydrogens is 399 g/mol. The molecule has 2 heterocycles. The van der Waals surface area contributed by atoms with E-state index >= 15 is 0 Å². The van der Waals surface area contributed by atoms with Crippen molar-refractivity contribution >= 4 is 35.0 Å². The van der Waals surface area contributed by atoms with E-state index in [2.05, 4.69) is 15.2 Å². The second kappa shape index (κ2) is 8.13. The fourth-order valence-corrected chi connectivity index (χ4v) is 3.93. The number of nitrogens with zero attached hydrogens (tertiary/aromatic N) is 4. The van der Waals surface area contributed by atoms with Crippen LogP contribution >= 0.6 is 35.0 Å².